The average Bonchev–Trinajstić information content (AvgIpc) is 1.83. The van der Waals surface area contributed by atoms with Crippen molar-refractivity contribution in [3.05, 3.63) is 0 Å². The van der Waals surface area contributed by atoms with E-state index in [0.717, 1.165) is 17.8 Å². The van der Waals surface area contributed by atoms with Crippen molar-refractivity contribution >= 4 is 0 Å². The Hall–Kier alpha value is -0.0400. The molecule has 0 radical (unpaired) electrons. The molecule has 11 heavy (non-hydrogen) atoms. The lowest BCUT2D eigenvalue weighted by atomic mass is 9.76. The highest BCUT2D eigenvalue weighted by atomic mass is 14.9. The molecule has 1 fully saturated rings. The second kappa shape index (κ2) is 4.10. The smallest absolute Gasteiger partial charge is 0.00202 e. The Labute approximate surface area is 70.6 Å². The fourth-order valence-electron chi connectivity index (χ4n) is 1.81. The van der Waals surface area contributed by atoms with E-state index in [4.69, 9.17) is 0 Å². The minimum absolute atomic E-state index is 0.799. The summed E-state index contributed by atoms with van der Waals surface area (Å²) in [6.07, 6.45) is 2.90. The third-order valence-electron chi connectivity index (χ3n) is 2.46. The molecule has 0 aromatic carbocycles. The highest BCUT2D eigenvalue weighted by molar-refractivity contribution is 4.77. The van der Waals surface area contributed by atoms with E-state index in [9.17, 15) is 0 Å². The van der Waals surface area contributed by atoms with E-state index in [1.54, 1.807) is 0 Å². The van der Waals surface area contributed by atoms with Crippen molar-refractivity contribution in [2.45, 2.75) is 33.6 Å². The van der Waals surface area contributed by atoms with Crippen LogP contribution in [0.2, 0.25) is 0 Å². The molecule has 0 atom stereocenters. The molecule has 1 saturated carbocycles. The number of hydrogen-bond acceptors (Lipinski definition) is 1. The van der Waals surface area contributed by atoms with Crippen molar-refractivity contribution in [2.24, 2.45) is 17.8 Å². The van der Waals surface area contributed by atoms with Crippen LogP contribution in [0.25, 0.3) is 0 Å². The summed E-state index contributed by atoms with van der Waals surface area (Å²) < 4.78 is 0. The van der Waals surface area contributed by atoms with Gasteiger partial charge in [-0.05, 0) is 43.7 Å². The van der Waals surface area contributed by atoms with Gasteiger partial charge in [-0.25, -0.2) is 0 Å². The zero-order valence-corrected chi connectivity index (χ0v) is 8.06. The lowest BCUT2D eigenvalue weighted by molar-refractivity contribution is 0.205. The van der Waals surface area contributed by atoms with Gasteiger partial charge in [0.25, 0.3) is 0 Å². The van der Waals surface area contributed by atoms with Crippen LogP contribution in [0.5, 0.6) is 0 Å². The molecule has 0 aliphatic heterocycles. The molecule has 1 N–H and O–H groups in total. The first-order valence-electron chi connectivity index (χ1n) is 4.89. The molecular weight excluding hydrogens is 134 g/mol. The Bertz CT molecular complexity index is 103. The first-order valence-corrected chi connectivity index (χ1v) is 4.89. The number of nitrogens with one attached hydrogen (secondary N) is 1. The zero-order chi connectivity index (χ0) is 8.27. The lowest BCUT2D eigenvalue weighted by Gasteiger charge is -2.33. The Morgan fingerprint density at radius 2 is 2.00 bits per heavy atom. The second-order valence-electron chi connectivity index (χ2n) is 4.49. The van der Waals surface area contributed by atoms with E-state index in [1.807, 2.05) is 0 Å². The van der Waals surface area contributed by atoms with E-state index >= 15 is 0 Å². The minimum atomic E-state index is 0.799. The van der Waals surface area contributed by atoms with Gasteiger partial charge in [0.15, 0.2) is 0 Å². The summed E-state index contributed by atoms with van der Waals surface area (Å²) in [6.45, 7) is 9.30. The van der Waals surface area contributed by atoms with Gasteiger partial charge >= 0.3 is 0 Å². The third-order valence-corrected chi connectivity index (χ3v) is 2.46. The Morgan fingerprint density at radius 3 is 2.45 bits per heavy atom. The molecule has 66 valence electrons. The van der Waals surface area contributed by atoms with Gasteiger partial charge in [0.1, 0.15) is 0 Å². The van der Waals surface area contributed by atoms with Gasteiger partial charge in [0.2, 0.25) is 0 Å². The first-order chi connectivity index (χ1) is 5.18. The van der Waals surface area contributed by atoms with Gasteiger partial charge in [-0.1, -0.05) is 20.8 Å². The highest BCUT2D eigenvalue weighted by Crippen LogP contribution is 2.32. The molecule has 0 heterocycles. The molecule has 1 heteroatoms. The summed E-state index contributed by atoms with van der Waals surface area (Å²) >= 11 is 0. The zero-order valence-electron chi connectivity index (χ0n) is 8.06. The average molecular weight is 155 g/mol. The molecule has 0 aromatic rings. The van der Waals surface area contributed by atoms with Gasteiger partial charge < -0.3 is 5.32 Å². The summed E-state index contributed by atoms with van der Waals surface area (Å²) in [5.41, 5.74) is 0. The number of rotatable bonds is 4. The van der Waals surface area contributed by atoms with E-state index in [2.05, 4.69) is 26.1 Å². The maximum Gasteiger partial charge on any atom is -0.00202 e. The summed E-state index contributed by atoms with van der Waals surface area (Å²) in [4.78, 5) is 0. The second-order valence-corrected chi connectivity index (χ2v) is 4.49. The monoisotopic (exact) mass is 155 g/mol. The van der Waals surface area contributed by atoms with Crippen LogP contribution < -0.4 is 5.32 Å². The molecular formula is C10H21N. The van der Waals surface area contributed by atoms with Crippen molar-refractivity contribution in [1.29, 1.82) is 0 Å². The molecule has 1 nitrogen and oxygen atoms in total. The summed E-state index contributed by atoms with van der Waals surface area (Å²) in [5.74, 6) is 2.79. The Balaban J connectivity index is 1.89. The van der Waals surface area contributed by atoms with Gasteiger partial charge in [-0.3, -0.25) is 0 Å². The minimum Gasteiger partial charge on any atom is -0.316 e. The van der Waals surface area contributed by atoms with Crippen LogP contribution in [0.4, 0.5) is 0 Å². The normalized spacial score (nSPS) is 30.5. The van der Waals surface area contributed by atoms with Crippen LogP contribution >= 0.6 is 0 Å². The fraction of sp³-hybridized carbons (Fsp3) is 1.00. The highest BCUT2D eigenvalue weighted by Gasteiger charge is 2.24. The molecule has 1 aliphatic rings. The lowest BCUT2D eigenvalue weighted by Crippen LogP contribution is -2.33. The maximum atomic E-state index is 3.51. The van der Waals surface area contributed by atoms with E-state index in [-0.39, 0.29) is 0 Å². The van der Waals surface area contributed by atoms with Crippen LogP contribution in [0.1, 0.15) is 33.6 Å². The van der Waals surface area contributed by atoms with Crippen molar-refractivity contribution in [3.8, 4) is 0 Å². The SMILES string of the molecule is CC(C)CNCC1CC(C)C1. The van der Waals surface area contributed by atoms with E-state index < -0.39 is 0 Å². The predicted molar refractivity (Wildman–Crippen MR) is 49.6 cm³/mol. The molecule has 0 unspecified atom stereocenters. The van der Waals surface area contributed by atoms with Gasteiger partial charge in [0, 0.05) is 0 Å². The van der Waals surface area contributed by atoms with E-state index in [1.165, 1.54) is 25.9 Å². The summed E-state index contributed by atoms with van der Waals surface area (Å²) in [5, 5.41) is 3.51. The Morgan fingerprint density at radius 1 is 1.36 bits per heavy atom. The summed E-state index contributed by atoms with van der Waals surface area (Å²) in [6, 6.07) is 0. The summed E-state index contributed by atoms with van der Waals surface area (Å²) in [7, 11) is 0. The van der Waals surface area contributed by atoms with Crippen molar-refractivity contribution in [2.75, 3.05) is 13.1 Å². The van der Waals surface area contributed by atoms with E-state index in [0.29, 0.717) is 0 Å². The van der Waals surface area contributed by atoms with Gasteiger partial charge in [0.05, 0.1) is 0 Å². The molecule has 0 spiro atoms. The number of hydrogen-bond donors (Lipinski definition) is 1. The van der Waals surface area contributed by atoms with Crippen molar-refractivity contribution in [1.82, 2.24) is 5.32 Å². The van der Waals surface area contributed by atoms with Crippen LogP contribution in [0.3, 0.4) is 0 Å². The standard InChI is InChI=1S/C10H21N/c1-8(2)6-11-7-10-4-9(3)5-10/h8-11H,4-7H2,1-3H3. The first kappa shape index (κ1) is 9.05. The van der Waals surface area contributed by atoms with Crippen LogP contribution in [-0.4, -0.2) is 13.1 Å². The van der Waals surface area contributed by atoms with Gasteiger partial charge in [-0.2, -0.15) is 0 Å². The Kier molecular flexibility index (Phi) is 3.38. The third kappa shape index (κ3) is 3.24. The van der Waals surface area contributed by atoms with Crippen molar-refractivity contribution in [3.63, 3.8) is 0 Å². The molecule has 0 saturated heterocycles. The van der Waals surface area contributed by atoms with Gasteiger partial charge in [-0.15, -0.1) is 0 Å². The quantitative estimate of drug-likeness (QED) is 0.656. The largest absolute Gasteiger partial charge is 0.316 e. The fourth-order valence-corrected chi connectivity index (χ4v) is 1.81. The topological polar surface area (TPSA) is 12.0 Å². The van der Waals surface area contributed by atoms with Crippen LogP contribution in [0.15, 0.2) is 0 Å². The van der Waals surface area contributed by atoms with Crippen molar-refractivity contribution < 1.29 is 0 Å². The molecule has 1 aliphatic carbocycles. The van der Waals surface area contributed by atoms with Crippen LogP contribution in [0, 0.1) is 17.8 Å². The maximum absolute atomic E-state index is 3.51. The predicted octanol–water partition coefficient (Wildman–Crippen LogP) is 2.28. The molecule has 0 amide bonds. The molecule has 1 rings (SSSR count). The molecule has 0 bridgehead atoms. The van der Waals surface area contributed by atoms with Crippen LogP contribution in [-0.2, 0) is 0 Å². The molecule has 0 aromatic heterocycles.